The van der Waals surface area contributed by atoms with Gasteiger partial charge in [0.2, 0.25) is 17.4 Å². The first-order chi connectivity index (χ1) is 19.4. The zero-order valence-corrected chi connectivity index (χ0v) is 23.2. The van der Waals surface area contributed by atoms with E-state index in [0.29, 0.717) is 5.56 Å². The average Bonchev–Trinajstić information content (AvgIpc) is 3.40. The zero-order valence-electron chi connectivity index (χ0n) is 21.7. The lowest BCUT2D eigenvalue weighted by molar-refractivity contribution is -0.384. The first-order valence-corrected chi connectivity index (χ1v) is 12.9. The molecule has 41 heavy (non-hydrogen) atoms. The molecule has 3 amide bonds. The van der Waals surface area contributed by atoms with Crippen molar-refractivity contribution in [1.29, 1.82) is 0 Å². The van der Waals surface area contributed by atoms with Crippen molar-refractivity contribution in [3.05, 3.63) is 51.0 Å². The number of nitro benzene ring substituents is 1. The third-order valence-electron chi connectivity index (χ3n) is 5.36. The van der Waals surface area contributed by atoms with Crippen LogP contribution in [0.2, 0.25) is 0 Å². The molecule has 1 fully saturated rings. The first kappa shape index (κ1) is 30.9. The Morgan fingerprint density at radius 2 is 1.93 bits per heavy atom. The van der Waals surface area contributed by atoms with Crippen LogP contribution < -0.4 is 16.0 Å². The number of nitrogens with one attached hydrogen (secondary N) is 3. The van der Waals surface area contributed by atoms with Crippen molar-refractivity contribution in [2.24, 2.45) is 5.16 Å². The minimum Gasteiger partial charge on any atom is -0.467 e. The van der Waals surface area contributed by atoms with Crippen LogP contribution in [0, 0.1) is 10.1 Å². The van der Waals surface area contributed by atoms with Gasteiger partial charge in [0.05, 0.1) is 12.0 Å². The number of halogens is 1. The van der Waals surface area contributed by atoms with Gasteiger partial charge >= 0.3 is 11.9 Å². The van der Waals surface area contributed by atoms with E-state index in [2.05, 4.69) is 30.8 Å². The Hall–Kier alpha value is -4.64. The maximum Gasteiger partial charge on any atom is 0.353 e. The summed E-state index contributed by atoms with van der Waals surface area (Å²) in [5.41, 5.74) is -2.00. The van der Waals surface area contributed by atoms with E-state index in [9.17, 15) is 34.1 Å². The van der Waals surface area contributed by atoms with Crippen LogP contribution in [-0.4, -0.2) is 76.0 Å². The molecule has 0 saturated carbocycles. The number of benzene rings is 1. The van der Waals surface area contributed by atoms with Crippen molar-refractivity contribution in [2.75, 3.05) is 18.3 Å². The van der Waals surface area contributed by atoms with Crippen LogP contribution in [0.3, 0.4) is 0 Å². The molecule has 3 rings (SSSR count). The number of non-ortho nitro benzene ring substituents is 1. The molecule has 1 saturated heterocycles. The number of nitro groups is 1. The second-order valence-corrected chi connectivity index (χ2v) is 9.85. The fourth-order valence-electron chi connectivity index (χ4n) is 3.09. The number of aromatic nitrogens is 1. The number of carbonyl (C=O) groups excluding carboxylic acids is 5. The van der Waals surface area contributed by atoms with Gasteiger partial charge in [-0.25, -0.2) is 14.6 Å². The van der Waals surface area contributed by atoms with Crippen molar-refractivity contribution in [3.63, 3.8) is 0 Å². The minimum atomic E-state index is -1.75. The Morgan fingerprint density at radius 1 is 1.24 bits per heavy atom. The Kier molecular flexibility index (Phi) is 9.90. The van der Waals surface area contributed by atoms with Crippen molar-refractivity contribution >= 4 is 69.1 Å². The molecule has 2 heterocycles. The highest BCUT2D eigenvalue weighted by molar-refractivity contribution is 7.14. The topological polar surface area (TPSA) is 218 Å². The molecule has 2 aromatic rings. The third-order valence-corrected chi connectivity index (χ3v) is 6.36. The molecular weight excluding hydrogens is 588 g/mol. The quantitative estimate of drug-likeness (QED) is 0.0755. The lowest BCUT2D eigenvalue weighted by Crippen LogP contribution is -2.72. The largest absolute Gasteiger partial charge is 0.467 e. The summed E-state index contributed by atoms with van der Waals surface area (Å²) in [6.45, 7) is 2.39. The van der Waals surface area contributed by atoms with E-state index in [-0.39, 0.29) is 29.0 Å². The molecule has 1 aromatic carbocycles. The summed E-state index contributed by atoms with van der Waals surface area (Å²) in [5.74, 6) is -4.23. The van der Waals surface area contributed by atoms with Crippen LogP contribution in [0.5, 0.6) is 0 Å². The fourth-order valence-corrected chi connectivity index (χ4v) is 3.87. The summed E-state index contributed by atoms with van der Waals surface area (Å²) in [7, 11) is 1.11. The molecule has 1 aliphatic rings. The van der Waals surface area contributed by atoms with Crippen LogP contribution in [0.4, 0.5) is 10.8 Å². The van der Waals surface area contributed by atoms with E-state index in [4.69, 9.17) is 21.2 Å². The minimum absolute atomic E-state index is 0.0711. The molecule has 1 aromatic heterocycles. The molecule has 218 valence electrons. The lowest BCUT2D eigenvalue weighted by atomic mass is 9.99. The van der Waals surface area contributed by atoms with Gasteiger partial charge in [0.15, 0.2) is 16.9 Å². The predicted octanol–water partition coefficient (Wildman–Crippen LogP) is 0.628. The van der Waals surface area contributed by atoms with Crippen LogP contribution in [0.15, 0.2) is 34.8 Å². The van der Waals surface area contributed by atoms with Crippen molar-refractivity contribution in [3.8, 4) is 0 Å². The summed E-state index contributed by atoms with van der Waals surface area (Å²) < 4.78 is 9.83. The van der Waals surface area contributed by atoms with Crippen LogP contribution in [-0.2, 0) is 44.9 Å². The van der Waals surface area contributed by atoms with Gasteiger partial charge in [0, 0.05) is 17.5 Å². The fraction of sp³-hybridized carbons (Fsp3) is 0.348. The molecule has 16 nitrogen and oxygen atoms in total. The average molecular weight is 611 g/mol. The molecule has 0 aliphatic carbocycles. The summed E-state index contributed by atoms with van der Waals surface area (Å²) in [6, 6.07) is 2.92. The van der Waals surface area contributed by atoms with Gasteiger partial charge in [-0.3, -0.25) is 24.5 Å². The van der Waals surface area contributed by atoms with E-state index in [1.165, 1.54) is 43.5 Å². The molecule has 1 aliphatic heterocycles. The van der Waals surface area contributed by atoms with Crippen molar-refractivity contribution in [2.45, 2.75) is 38.1 Å². The molecule has 2 unspecified atom stereocenters. The number of thiazole rings is 1. The predicted molar refractivity (Wildman–Crippen MR) is 142 cm³/mol. The smallest absolute Gasteiger partial charge is 0.353 e. The van der Waals surface area contributed by atoms with Gasteiger partial charge in [-0.15, -0.1) is 22.9 Å². The number of anilines is 1. The normalized spacial score (nSPS) is 16.5. The summed E-state index contributed by atoms with van der Waals surface area (Å²) >= 11 is 6.42. The van der Waals surface area contributed by atoms with Gasteiger partial charge < -0.3 is 30.3 Å². The number of methoxy groups -OCH3 is 1. The summed E-state index contributed by atoms with van der Waals surface area (Å²) in [4.78, 5) is 81.0. The number of oxime groups is 1. The van der Waals surface area contributed by atoms with E-state index >= 15 is 0 Å². The standard InChI is InChI=1S/C23H23ClN6O10S/c1-23(2,21(35)39-9-11-4-6-12(7-5-11)30(36)37)40-29-15(13-10-41-22(25-13)26-14(31)8-24)18(32)27-16-17(20(34)38-3)28-19(16)33/h4-7,10,16-17H,8-9H2,1-3H3,(H,27,32)(H,28,33)(H,25,26,31)/b29-15-. The zero-order chi connectivity index (χ0) is 30.3. The van der Waals surface area contributed by atoms with E-state index in [1.54, 1.807) is 0 Å². The summed E-state index contributed by atoms with van der Waals surface area (Å²) in [5, 5.41) is 23.1. The first-order valence-electron chi connectivity index (χ1n) is 11.5. The van der Waals surface area contributed by atoms with Crippen LogP contribution in [0.1, 0.15) is 25.1 Å². The van der Waals surface area contributed by atoms with Crippen molar-refractivity contribution in [1.82, 2.24) is 15.6 Å². The number of esters is 2. The molecular formula is C23H23ClN6O10S. The summed E-state index contributed by atoms with van der Waals surface area (Å²) in [6.07, 6.45) is 0. The molecule has 2 atom stereocenters. The van der Waals surface area contributed by atoms with Crippen LogP contribution >= 0.6 is 22.9 Å². The van der Waals surface area contributed by atoms with E-state index in [1.807, 2.05) is 0 Å². The number of nitrogens with zero attached hydrogens (tertiary/aromatic N) is 3. The Morgan fingerprint density at radius 3 is 2.51 bits per heavy atom. The number of ether oxygens (including phenoxy) is 2. The number of amides is 3. The Bertz CT molecular complexity index is 1390. The number of β-lactam (4-membered cyclic amide) rings is 1. The molecule has 0 bridgehead atoms. The SMILES string of the molecule is COC(=O)C1NC(=O)C1NC(=O)/C(=N\OC(C)(C)C(=O)OCc1ccc([N+](=O)[O-])cc1)c1csc(NC(=O)CCl)n1. The lowest BCUT2D eigenvalue weighted by Gasteiger charge is -2.34. The number of hydrogen-bond acceptors (Lipinski definition) is 13. The van der Waals surface area contributed by atoms with E-state index in [0.717, 1.165) is 18.4 Å². The third kappa shape index (κ3) is 7.73. The van der Waals surface area contributed by atoms with Gasteiger partial charge in [-0.1, -0.05) is 5.16 Å². The van der Waals surface area contributed by atoms with E-state index < -0.39 is 58.0 Å². The number of hydrogen-bond donors (Lipinski definition) is 3. The van der Waals surface area contributed by atoms with Crippen LogP contribution in [0.25, 0.3) is 0 Å². The van der Waals surface area contributed by atoms with Gasteiger partial charge in [-0.05, 0) is 31.5 Å². The second kappa shape index (κ2) is 13.1. The van der Waals surface area contributed by atoms with Gasteiger partial charge in [0.1, 0.15) is 24.2 Å². The highest BCUT2D eigenvalue weighted by atomic mass is 35.5. The van der Waals surface area contributed by atoms with Crippen molar-refractivity contribution < 1.29 is 43.2 Å². The molecule has 0 spiro atoms. The number of carbonyl (C=O) groups is 5. The number of alkyl halides is 1. The molecule has 3 N–H and O–H groups in total. The van der Waals surface area contributed by atoms with Gasteiger partial charge in [-0.2, -0.15) is 0 Å². The second-order valence-electron chi connectivity index (χ2n) is 8.72. The monoisotopic (exact) mass is 610 g/mol. The maximum atomic E-state index is 13.1. The Labute approximate surface area is 240 Å². The van der Waals surface area contributed by atoms with Gasteiger partial charge in [0.25, 0.3) is 11.6 Å². The number of rotatable bonds is 12. The highest BCUT2D eigenvalue weighted by Gasteiger charge is 2.46. The maximum absolute atomic E-state index is 13.1. The highest BCUT2D eigenvalue weighted by Crippen LogP contribution is 2.20. The Balaban J connectivity index is 1.78. The molecule has 18 heteroatoms. The molecule has 0 radical (unpaired) electrons.